The van der Waals surface area contributed by atoms with Crippen LogP contribution in [0.5, 0.6) is 5.75 Å². The highest BCUT2D eigenvalue weighted by Crippen LogP contribution is 2.39. The number of aromatic nitrogens is 2. The summed E-state index contributed by atoms with van der Waals surface area (Å²) in [5, 5.41) is 9.44. The molecule has 0 bridgehead atoms. The summed E-state index contributed by atoms with van der Waals surface area (Å²) in [6.07, 6.45) is 3.24. The minimum Gasteiger partial charge on any atom is -0.440 e. The third-order valence-electron chi connectivity index (χ3n) is 3.89. The fraction of sp³-hybridized carbons (Fsp3) is 0.188. The van der Waals surface area contributed by atoms with E-state index >= 15 is 0 Å². The lowest BCUT2D eigenvalue weighted by Crippen LogP contribution is -2.31. The molecule has 0 fully saturated rings. The molecule has 3 heterocycles. The van der Waals surface area contributed by atoms with Gasteiger partial charge in [0.05, 0.1) is 11.5 Å². The summed E-state index contributed by atoms with van der Waals surface area (Å²) in [5.41, 5.74) is 7.87. The molecule has 0 unspecified atom stereocenters. The Morgan fingerprint density at radius 2 is 2.09 bits per heavy atom. The number of fused-ring (bicyclic) bond motifs is 1. The van der Waals surface area contributed by atoms with E-state index in [1.165, 1.54) is 4.57 Å². The monoisotopic (exact) mass is 294 g/mol. The highest BCUT2D eigenvalue weighted by molar-refractivity contribution is 5.54. The first kappa shape index (κ1) is 13.9. The van der Waals surface area contributed by atoms with Gasteiger partial charge in [0.15, 0.2) is 0 Å². The molecular weight excluding hydrogens is 280 g/mol. The van der Waals surface area contributed by atoms with Crippen LogP contribution in [0.25, 0.3) is 0 Å². The lowest BCUT2D eigenvalue weighted by molar-refractivity contribution is 0.389. The van der Waals surface area contributed by atoms with E-state index in [4.69, 9.17) is 10.5 Å². The highest BCUT2D eigenvalue weighted by atomic mass is 16.5. The fourth-order valence-corrected chi connectivity index (χ4v) is 2.63. The van der Waals surface area contributed by atoms with Gasteiger partial charge in [0.1, 0.15) is 17.4 Å². The van der Waals surface area contributed by atoms with Crippen molar-refractivity contribution in [3.05, 3.63) is 69.2 Å². The standard InChI is InChI=1S/C16H14N4O2/c1-9-7-12-14(16(21)20(9)2)13(10-3-5-19-6-4-10)11(8-17)15(18)22-12/h3-7,13H,18H2,1-2H3/t13-/m0/s1. The third kappa shape index (κ3) is 1.95. The number of pyridine rings is 2. The number of ether oxygens (including phenoxy) is 1. The van der Waals surface area contributed by atoms with Gasteiger partial charge in [-0.25, -0.2) is 0 Å². The second-order valence-electron chi connectivity index (χ2n) is 5.13. The summed E-state index contributed by atoms with van der Waals surface area (Å²) in [6.45, 7) is 1.81. The molecule has 0 aromatic carbocycles. The first-order valence-electron chi connectivity index (χ1n) is 6.72. The van der Waals surface area contributed by atoms with Gasteiger partial charge >= 0.3 is 0 Å². The number of nitriles is 1. The van der Waals surface area contributed by atoms with E-state index in [0.29, 0.717) is 11.3 Å². The van der Waals surface area contributed by atoms with Crippen molar-refractivity contribution in [2.24, 2.45) is 12.8 Å². The van der Waals surface area contributed by atoms with E-state index in [0.717, 1.165) is 11.3 Å². The first-order valence-corrected chi connectivity index (χ1v) is 6.72. The summed E-state index contributed by atoms with van der Waals surface area (Å²) in [5.74, 6) is -0.112. The van der Waals surface area contributed by atoms with Crippen molar-refractivity contribution in [1.82, 2.24) is 9.55 Å². The molecule has 0 spiro atoms. The van der Waals surface area contributed by atoms with E-state index < -0.39 is 5.92 Å². The zero-order valence-electron chi connectivity index (χ0n) is 12.2. The Balaban J connectivity index is 2.36. The van der Waals surface area contributed by atoms with Crippen LogP contribution >= 0.6 is 0 Å². The number of nitrogens with zero attached hydrogens (tertiary/aromatic N) is 3. The van der Waals surface area contributed by atoms with E-state index in [1.54, 1.807) is 37.6 Å². The average Bonchev–Trinajstić information content (AvgIpc) is 2.52. The summed E-state index contributed by atoms with van der Waals surface area (Å²) in [4.78, 5) is 16.7. The second-order valence-corrected chi connectivity index (χ2v) is 5.13. The first-order chi connectivity index (χ1) is 10.5. The molecule has 0 saturated heterocycles. The quantitative estimate of drug-likeness (QED) is 0.855. The van der Waals surface area contributed by atoms with Crippen molar-refractivity contribution in [2.45, 2.75) is 12.8 Å². The molecular formula is C16H14N4O2. The topological polar surface area (TPSA) is 93.9 Å². The minimum absolute atomic E-state index is 0.0319. The average molecular weight is 294 g/mol. The Kier molecular flexibility index (Phi) is 3.18. The van der Waals surface area contributed by atoms with Gasteiger partial charge < -0.3 is 15.0 Å². The number of allylic oxidation sites excluding steroid dienone is 1. The van der Waals surface area contributed by atoms with Gasteiger partial charge in [-0.3, -0.25) is 9.78 Å². The van der Waals surface area contributed by atoms with Gasteiger partial charge in [0.25, 0.3) is 5.56 Å². The fourth-order valence-electron chi connectivity index (χ4n) is 2.63. The van der Waals surface area contributed by atoms with Gasteiger partial charge in [-0.15, -0.1) is 0 Å². The van der Waals surface area contributed by atoms with Crippen LogP contribution in [0.1, 0.15) is 22.7 Å². The maximum Gasteiger partial charge on any atom is 0.258 e. The molecule has 2 aromatic rings. The molecule has 110 valence electrons. The van der Waals surface area contributed by atoms with Crippen LogP contribution in [0.15, 0.2) is 46.8 Å². The number of rotatable bonds is 1. The van der Waals surface area contributed by atoms with Crippen LogP contribution < -0.4 is 16.0 Å². The molecule has 0 aliphatic carbocycles. The largest absolute Gasteiger partial charge is 0.440 e. The van der Waals surface area contributed by atoms with Crippen molar-refractivity contribution >= 4 is 0 Å². The predicted octanol–water partition coefficient (Wildman–Crippen LogP) is 1.31. The molecule has 1 aliphatic rings. The number of hydrogen-bond donors (Lipinski definition) is 1. The Morgan fingerprint density at radius 1 is 1.41 bits per heavy atom. The van der Waals surface area contributed by atoms with Crippen LogP contribution in [0, 0.1) is 18.3 Å². The van der Waals surface area contributed by atoms with E-state index in [2.05, 4.69) is 11.1 Å². The van der Waals surface area contributed by atoms with Crippen molar-refractivity contribution < 1.29 is 4.74 Å². The highest BCUT2D eigenvalue weighted by Gasteiger charge is 2.33. The number of nitrogens with two attached hydrogens (primary N) is 1. The van der Waals surface area contributed by atoms with Crippen LogP contribution in [-0.2, 0) is 7.05 Å². The van der Waals surface area contributed by atoms with E-state index in [9.17, 15) is 10.1 Å². The van der Waals surface area contributed by atoms with Crippen molar-refractivity contribution in [3.8, 4) is 11.8 Å². The molecule has 6 nitrogen and oxygen atoms in total. The smallest absolute Gasteiger partial charge is 0.258 e. The van der Waals surface area contributed by atoms with Crippen LogP contribution in [0.2, 0.25) is 0 Å². The zero-order chi connectivity index (χ0) is 15.9. The summed E-state index contributed by atoms with van der Waals surface area (Å²) < 4.78 is 7.04. The van der Waals surface area contributed by atoms with Gasteiger partial charge in [0.2, 0.25) is 5.88 Å². The van der Waals surface area contributed by atoms with Crippen LogP contribution in [0.4, 0.5) is 0 Å². The second kappa shape index (κ2) is 5.04. The van der Waals surface area contributed by atoms with Crippen molar-refractivity contribution in [2.75, 3.05) is 0 Å². The lowest BCUT2D eigenvalue weighted by atomic mass is 9.84. The van der Waals surface area contributed by atoms with E-state index in [1.807, 2.05) is 6.92 Å². The molecule has 1 aliphatic heterocycles. The maximum absolute atomic E-state index is 12.7. The molecule has 1 atom stereocenters. The lowest BCUT2D eigenvalue weighted by Gasteiger charge is -2.26. The van der Waals surface area contributed by atoms with Gasteiger partial charge in [-0.2, -0.15) is 5.26 Å². The summed E-state index contributed by atoms with van der Waals surface area (Å²) >= 11 is 0. The molecule has 2 N–H and O–H groups in total. The van der Waals surface area contributed by atoms with Gasteiger partial charge in [0, 0.05) is 31.2 Å². The molecule has 22 heavy (non-hydrogen) atoms. The number of hydrogen-bond acceptors (Lipinski definition) is 5. The van der Waals surface area contributed by atoms with Crippen LogP contribution in [-0.4, -0.2) is 9.55 Å². The van der Waals surface area contributed by atoms with Crippen molar-refractivity contribution in [1.29, 1.82) is 5.26 Å². The Bertz CT molecular complexity index is 875. The maximum atomic E-state index is 12.7. The van der Waals surface area contributed by atoms with Crippen LogP contribution in [0.3, 0.4) is 0 Å². The van der Waals surface area contributed by atoms with E-state index in [-0.39, 0.29) is 17.0 Å². The zero-order valence-corrected chi connectivity index (χ0v) is 12.2. The number of aryl methyl sites for hydroxylation is 1. The minimum atomic E-state index is -0.545. The molecule has 0 amide bonds. The third-order valence-corrected chi connectivity index (χ3v) is 3.89. The predicted molar refractivity (Wildman–Crippen MR) is 80.0 cm³/mol. The molecule has 6 heteroatoms. The summed E-state index contributed by atoms with van der Waals surface area (Å²) in [6, 6.07) is 7.36. The Hall–Kier alpha value is -3.07. The van der Waals surface area contributed by atoms with Gasteiger partial charge in [-0.05, 0) is 24.6 Å². The SMILES string of the molecule is Cc1cc2c(c(=O)n1C)[C@@H](c1ccncc1)C(C#N)=C(N)O2. The normalized spacial score (nSPS) is 16.7. The molecule has 0 radical (unpaired) electrons. The molecule has 0 saturated carbocycles. The van der Waals surface area contributed by atoms with Crippen molar-refractivity contribution in [3.63, 3.8) is 0 Å². The Labute approximate surface area is 127 Å². The van der Waals surface area contributed by atoms with Gasteiger partial charge in [-0.1, -0.05) is 0 Å². The molecule has 3 rings (SSSR count). The molecule has 2 aromatic heterocycles. The Morgan fingerprint density at radius 3 is 2.73 bits per heavy atom. The summed E-state index contributed by atoms with van der Waals surface area (Å²) in [7, 11) is 1.69.